The van der Waals surface area contributed by atoms with Gasteiger partial charge in [0.2, 0.25) is 0 Å². The average Bonchev–Trinajstić information content (AvgIpc) is 2.45. The van der Waals surface area contributed by atoms with Crippen molar-refractivity contribution in [2.75, 3.05) is 14.2 Å². The molecule has 0 N–H and O–H groups in total. The SMILES string of the molecule is COc1ccnc(COc2ccccc2Cl)c1OC. The lowest BCUT2D eigenvalue weighted by molar-refractivity contribution is 0.285. The summed E-state index contributed by atoms with van der Waals surface area (Å²) in [6.45, 7) is 0.254. The number of methoxy groups -OCH3 is 2. The van der Waals surface area contributed by atoms with Gasteiger partial charge in [0.05, 0.1) is 19.2 Å². The Morgan fingerprint density at radius 1 is 1.05 bits per heavy atom. The van der Waals surface area contributed by atoms with Crippen LogP contribution in [0.2, 0.25) is 5.02 Å². The minimum Gasteiger partial charge on any atom is -0.493 e. The molecule has 4 nitrogen and oxygen atoms in total. The Labute approximate surface area is 116 Å². The predicted octanol–water partition coefficient (Wildman–Crippen LogP) is 3.33. The van der Waals surface area contributed by atoms with Crippen LogP contribution in [0.25, 0.3) is 0 Å². The van der Waals surface area contributed by atoms with Crippen LogP contribution in [0.4, 0.5) is 0 Å². The predicted molar refractivity (Wildman–Crippen MR) is 73.1 cm³/mol. The Morgan fingerprint density at radius 2 is 1.84 bits per heavy atom. The highest BCUT2D eigenvalue weighted by molar-refractivity contribution is 6.32. The van der Waals surface area contributed by atoms with E-state index in [2.05, 4.69) is 4.98 Å². The van der Waals surface area contributed by atoms with Crippen molar-refractivity contribution >= 4 is 11.6 Å². The van der Waals surface area contributed by atoms with Crippen LogP contribution in [0.15, 0.2) is 36.5 Å². The Morgan fingerprint density at radius 3 is 2.53 bits per heavy atom. The summed E-state index contributed by atoms with van der Waals surface area (Å²) >= 11 is 6.02. The van der Waals surface area contributed by atoms with Gasteiger partial charge < -0.3 is 14.2 Å². The Kier molecular flexibility index (Phi) is 4.47. The summed E-state index contributed by atoms with van der Waals surface area (Å²) in [6, 6.07) is 9.01. The summed E-state index contributed by atoms with van der Waals surface area (Å²) in [5.41, 5.74) is 0.654. The summed E-state index contributed by atoms with van der Waals surface area (Å²) in [4.78, 5) is 4.23. The van der Waals surface area contributed by atoms with Crippen molar-refractivity contribution in [3.63, 3.8) is 0 Å². The first kappa shape index (κ1) is 13.5. The quantitative estimate of drug-likeness (QED) is 0.842. The highest BCUT2D eigenvalue weighted by atomic mass is 35.5. The Bertz CT molecular complexity index is 560. The molecule has 0 radical (unpaired) electrons. The van der Waals surface area contributed by atoms with Gasteiger partial charge in [-0.1, -0.05) is 23.7 Å². The number of hydrogen-bond donors (Lipinski definition) is 0. The van der Waals surface area contributed by atoms with E-state index < -0.39 is 0 Å². The average molecular weight is 280 g/mol. The second kappa shape index (κ2) is 6.29. The Hall–Kier alpha value is -1.94. The standard InChI is InChI=1S/C14H14ClNO3/c1-17-13-7-8-16-11(14(13)18-2)9-19-12-6-4-3-5-10(12)15/h3-8H,9H2,1-2H3. The first-order chi connectivity index (χ1) is 9.26. The Balaban J connectivity index is 2.18. The molecular weight excluding hydrogens is 266 g/mol. The molecule has 100 valence electrons. The molecule has 2 rings (SSSR count). The van der Waals surface area contributed by atoms with Crippen molar-refractivity contribution in [2.45, 2.75) is 6.61 Å². The van der Waals surface area contributed by atoms with Gasteiger partial charge in [-0.3, -0.25) is 4.98 Å². The van der Waals surface area contributed by atoms with Gasteiger partial charge in [0.1, 0.15) is 18.1 Å². The molecule has 0 aliphatic rings. The van der Waals surface area contributed by atoms with Crippen molar-refractivity contribution in [3.8, 4) is 17.2 Å². The molecule has 1 aromatic heterocycles. The summed E-state index contributed by atoms with van der Waals surface area (Å²) in [6.07, 6.45) is 1.65. The maximum atomic E-state index is 6.02. The normalized spacial score (nSPS) is 10.1. The molecule has 0 aliphatic heterocycles. The minimum absolute atomic E-state index is 0.254. The number of nitrogens with zero attached hydrogens (tertiary/aromatic N) is 1. The number of ether oxygens (including phenoxy) is 3. The number of halogens is 1. The minimum atomic E-state index is 0.254. The molecule has 0 atom stereocenters. The fraction of sp³-hybridized carbons (Fsp3) is 0.214. The summed E-state index contributed by atoms with van der Waals surface area (Å²) in [5.74, 6) is 1.79. The number of aromatic nitrogens is 1. The van der Waals surface area contributed by atoms with Crippen molar-refractivity contribution in [2.24, 2.45) is 0 Å². The molecule has 5 heteroatoms. The van der Waals surface area contributed by atoms with Crippen molar-refractivity contribution in [3.05, 3.63) is 47.2 Å². The van der Waals surface area contributed by atoms with Gasteiger partial charge in [-0.15, -0.1) is 0 Å². The van der Waals surface area contributed by atoms with Gasteiger partial charge in [-0.2, -0.15) is 0 Å². The van der Waals surface area contributed by atoms with E-state index in [-0.39, 0.29) is 6.61 Å². The maximum Gasteiger partial charge on any atom is 0.185 e. The molecule has 0 unspecified atom stereocenters. The van der Waals surface area contributed by atoms with Gasteiger partial charge in [0.25, 0.3) is 0 Å². The second-order valence-corrected chi connectivity index (χ2v) is 4.12. The van der Waals surface area contributed by atoms with Crippen molar-refractivity contribution < 1.29 is 14.2 Å². The van der Waals surface area contributed by atoms with Crippen LogP contribution in [0.3, 0.4) is 0 Å². The molecule has 0 amide bonds. The third-order valence-electron chi connectivity index (χ3n) is 2.57. The summed E-state index contributed by atoms with van der Waals surface area (Å²) in [7, 11) is 3.15. The van der Waals surface area contributed by atoms with Crippen LogP contribution in [0.1, 0.15) is 5.69 Å². The van der Waals surface area contributed by atoms with Crippen molar-refractivity contribution in [1.82, 2.24) is 4.98 Å². The fourth-order valence-electron chi connectivity index (χ4n) is 1.66. The van der Waals surface area contributed by atoms with E-state index >= 15 is 0 Å². The van der Waals surface area contributed by atoms with Crippen molar-refractivity contribution in [1.29, 1.82) is 0 Å². The van der Waals surface area contributed by atoms with E-state index in [1.807, 2.05) is 12.1 Å². The zero-order chi connectivity index (χ0) is 13.7. The molecule has 0 saturated carbocycles. The second-order valence-electron chi connectivity index (χ2n) is 3.71. The molecule has 0 bridgehead atoms. The zero-order valence-electron chi connectivity index (χ0n) is 10.7. The fourth-order valence-corrected chi connectivity index (χ4v) is 1.85. The van der Waals surface area contributed by atoms with Crippen LogP contribution in [0, 0.1) is 0 Å². The smallest absolute Gasteiger partial charge is 0.185 e. The molecule has 19 heavy (non-hydrogen) atoms. The van der Waals surface area contributed by atoms with Crippen LogP contribution >= 0.6 is 11.6 Å². The third-order valence-corrected chi connectivity index (χ3v) is 2.88. The third kappa shape index (κ3) is 3.09. The van der Waals surface area contributed by atoms with E-state index in [0.717, 1.165) is 0 Å². The number of benzene rings is 1. The van der Waals surface area contributed by atoms with Crippen LogP contribution in [0.5, 0.6) is 17.2 Å². The van der Waals surface area contributed by atoms with Gasteiger partial charge in [-0.25, -0.2) is 0 Å². The lowest BCUT2D eigenvalue weighted by atomic mass is 10.3. The molecule has 2 aromatic rings. The van der Waals surface area contributed by atoms with E-state index in [9.17, 15) is 0 Å². The molecule has 1 heterocycles. The van der Waals surface area contributed by atoms with Gasteiger partial charge in [0.15, 0.2) is 11.5 Å². The molecule has 0 spiro atoms. The lowest BCUT2D eigenvalue weighted by Gasteiger charge is -2.12. The highest BCUT2D eigenvalue weighted by Crippen LogP contribution is 2.30. The zero-order valence-corrected chi connectivity index (χ0v) is 11.5. The summed E-state index contributed by atoms with van der Waals surface area (Å²) < 4.78 is 16.1. The number of para-hydroxylation sites is 1. The first-order valence-electron chi connectivity index (χ1n) is 5.69. The van der Waals surface area contributed by atoms with E-state index in [1.54, 1.807) is 38.6 Å². The van der Waals surface area contributed by atoms with Gasteiger partial charge in [0, 0.05) is 12.3 Å². The van der Waals surface area contributed by atoms with Crippen LogP contribution in [-0.4, -0.2) is 19.2 Å². The highest BCUT2D eigenvalue weighted by Gasteiger charge is 2.12. The summed E-state index contributed by atoms with van der Waals surface area (Å²) in [5, 5.41) is 0.560. The van der Waals surface area contributed by atoms with E-state index in [1.165, 1.54) is 0 Å². The van der Waals surface area contributed by atoms with Gasteiger partial charge in [-0.05, 0) is 12.1 Å². The van der Waals surface area contributed by atoms with Gasteiger partial charge >= 0.3 is 0 Å². The van der Waals surface area contributed by atoms with E-state index in [0.29, 0.717) is 28.0 Å². The first-order valence-corrected chi connectivity index (χ1v) is 6.07. The molecular formula is C14H14ClNO3. The molecule has 0 aliphatic carbocycles. The topological polar surface area (TPSA) is 40.6 Å². The molecule has 1 aromatic carbocycles. The van der Waals surface area contributed by atoms with E-state index in [4.69, 9.17) is 25.8 Å². The largest absolute Gasteiger partial charge is 0.493 e. The monoisotopic (exact) mass is 279 g/mol. The number of rotatable bonds is 5. The lowest BCUT2D eigenvalue weighted by Crippen LogP contribution is -2.03. The van der Waals surface area contributed by atoms with Crippen LogP contribution in [-0.2, 0) is 6.61 Å². The van der Waals surface area contributed by atoms with Crippen LogP contribution < -0.4 is 14.2 Å². The number of hydrogen-bond acceptors (Lipinski definition) is 4. The number of pyridine rings is 1. The maximum absolute atomic E-state index is 6.02. The molecule has 0 saturated heterocycles. The molecule has 0 fully saturated rings.